The predicted molar refractivity (Wildman–Crippen MR) is 102 cm³/mol. The highest BCUT2D eigenvalue weighted by Crippen LogP contribution is 2.38. The first-order valence-electron chi connectivity index (χ1n) is 7.33. The second-order valence-corrected chi connectivity index (χ2v) is 10.4. The SMILES string of the molecule is Cc1nn(-c2cc(N(S(C)(=O)=O)S(C)(=O)=O)c(Cl)cc2Cl)c(C#N)c1OC(F)F. The molecule has 15 heteroatoms. The maximum Gasteiger partial charge on any atom is 0.387 e. The van der Waals surface area contributed by atoms with Crippen molar-refractivity contribution in [3.05, 3.63) is 33.6 Å². The van der Waals surface area contributed by atoms with E-state index in [1.807, 2.05) is 0 Å². The van der Waals surface area contributed by atoms with E-state index in [9.17, 15) is 30.9 Å². The van der Waals surface area contributed by atoms with E-state index in [1.165, 1.54) is 6.92 Å². The highest BCUT2D eigenvalue weighted by Gasteiger charge is 2.31. The first kappa shape index (κ1) is 23.1. The summed E-state index contributed by atoms with van der Waals surface area (Å²) in [6.45, 7) is -1.94. The van der Waals surface area contributed by atoms with Gasteiger partial charge in [0.25, 0.3) is 0 Å². The Kier molecular flexibility index (Phi) is 6.34. The first-order chi connectivity index (χ1) is 13.2. The van der Waals surface area contributed by atoms with Crippen LogP contribution in [0.3, 0.4) is 0 Å². The lowest BCUT2D eigenvalue weighted by molar-refractivity contribution is -0.0505. The van der Waals surface area contributed by atoms with E-state index < -0.39 is 43.8 Å². The van der Waals surface area contributed by atoms with Crippen molar-refractivity contribution < 1.29 is 30.4 Å². The summed E-state index contributed by atoms with van der Waals surface area (Å²) in [6, 6.07) is 3.62. The zero-order valence-corrected chi connectivity index (χ0v) is 18.0. The van der Waals surface area contributed by atoms with Gasteiger partial charge in [-0.15, -0.1) is 0 Å². The van der Waals surface area contributed by atoms with Crippen molar-refractivity contribution in [2.24, 2.45) is 0 Å². The standard InChI is InChI=1S/C14H12Cl2F2N4O5S2/c1-7-13(27-14(17)18)12(6-19)21(20-7)10-5-11(9(16)4-8(10)15)22(28(2,23)24)29(3,25)26/h4-5,14H,1-3H3. The highest BCUT2D eigenvalue weighted by atomic mass is 35.5. The molecule has 1 aromatic heterocycles. The molecule has 2 aromatic rings. The summed E-state index contributed by atoms with van der Waals surface area (Å²) in [4.78, 5) is 0. The normalized spacial score (nSPS) is 12.1. The zero-order valence-electron chi connectivity index (χ0n) is 14.9. The molecule has 0 unspecified atom stereocenters. The fourth-order valence-electron chi connectivity index (χ4n) is 2.45. The number of nitrogens with zero attached hydrogens (tertiary/aromatic N) is 4. The minimum Gasteiger partial charge on any atom is -0.430 e. The molecule has 0 atom stereocenters. The van der Waals surface area contributed by atoms with Gasteiger partial charge in [-0.05, 0) is 19.1 Å². The van der Waals surface area contributed by atoms with Gasteiger partial charge in [0.1, 0.15) is 11.8 Å². The molecule has 0 aliphatic carbocycles. The van der Waals surface area contributed by atoms with Crippen LogP contribution in [-0.4, -0.2) is 45.7 Å². The van der Waals surface area contributed by atoms with Crippen LogP contribution < -0.4 is 8.45 Å². The van der Waals surface area contributed by atoms with E-state index in [-0.39, 0.29) is 25.1 Å². The number of anilines is 1. The Morgan fingerprint density at radius 3 is 2.17 bits per heavy atom. The Bertz CT molecular complexity index is 1190. The number of rotatable bonds is 6. The minimum atomic E-state index is -4.35. The molecule has 1 aromatic carbocycles. The fourth-order valence-corrected chi connectivity index (χ4v) is 6.08. The Labute approximate surface area is 175 Å². The summed E-state index contributed by atoms with van der Waals surface area (Å²) in [6.07, 6.45) is 1.29. The largest absolute Gasteiger partial charge is 0.430 e. The third kappa shape index (κ3) is 4.72. The molecule has 29 heavy (non-hydrogen) atoms. The molecule has 0 aliphatic rings. The maximum atomic E-state index is 12.6. The summed E-state index contributed by atoms with van der Waals surface area (Å²) >= 11 is 12.1. The van der Waals surface area contributed by atoms with Gasteiger partial charge in [0.05, 0.1) is 33.9 Å². The van der Waals surface area contributed by atoms with E-state index in [1.54, 1.807) is 6.07 Å². The van der Waals surface area contributed by atoms with Crippen molar-refractivity contribution in [2.45, 2.75) is 13.5 Å². The van der Waals surface area contributed by atoms with Gasteiger partial charge < -0.3 is 4.74 Å². The molecule has 158 valence electrons. The number of hydrogen-bond donors (Lipinski definition) is 0. The van der Waals surface area contributed by atoms with E-state index in [4.69, 9.17) is 23.2 Å². The van der Waals surface area contributed by atoms with Crippen LogP contribution in [0.2, 0.25) is 10.0 Å². The molecule has 0 aliphatic heterocycles. The number of nitriles is 1. The number of sulfonamides is 2. The van der Waals surface area contributed by atoms with Crippen molar-refractivity contribution in [1.29, 1.82) is 5.26 Å². The van der Waals surface area contributed by atoms with Crippen molar-refractivity contribution >= 4 is 48.9 Å². The van der Waals surface area contributed by atoms with Crippen LogP contribution in [0.5, 0.6) is 5.75 Å². The van der Waals surface area contributed by atoms with Crippen molar-refractivity contribution in [1.82, 2.24) is 9.78 Å². The van der Waals surface area contributed by atoms with Gasteiger partial charge in [-0.2, -0.15) is 22.9 Å². The smallest absolute Gasteiger partial charge is 0.387 e. The van der Waals surface area contributed by atoms with Crippen molar-refractivity contribution in [3.63, 3.8) is 0 Å². The number of ether oxygens (including phenoxy) is 1. The molecular formula is C14H12Cl2F2N4O5S2. The summed E-state index contributed by atoms with van der Waals surface area (Å²) in [5.41, 5.74) is -1.24. The topological polar surface area (TPSA) is 122 Å². The van der Waals surface area contributed by atoms with Crippen molar-refractivity contribution in [2.75, 3.05) is 16.2 Å². The number of aromatic nitrogens is 2. The minimum absolute atomic E-state index is 0.0706. The second-order valence-electron chi connectivity index (χ2n) is 5.64. The number of benzene rings is 1. The lowest BCUT2D eigenvalue weighted by Crippen LogP contribution is -2.35. The zero-order chi connectivity index (χ0) is 22.3. The number of hydrogen-bond acceptors (Lipinski definition) is 7. The lowest BCUT2D eigenvalue weighted by Gasteiger charge is -2.22. The summed E-state index contributed by atoms with van der Waals surface area (Å²) in [5, 5.41) is 12.8. The van der Waals surface area contributed by atoms with Gasteiger partial charge >= 0.3 is 6.61 Å². The quantitative estimate of drug-likeness (QED) is 0.612. The van der Waals surface area contributed by atoms with E-state index in [0.29, 0.717) is 12.5 Å². The summed E-state index contributed by atoms with van der Waals surface area (Å²) in [5.74, 6) is -0.516. The number of halogens is 4. The van der Waals surface area contributed by atoms with E-state index in [0.717, 1.165) is 16.8 Å². The van der Waals surface area contributed by atoms with Crippen LogP contribution in [0.1, 0.15) is 11.4 Å². The van der Waals surface area contributed by atoms with Gasteiger partial charge in [-0.1, -0.05) is 23.2 Å². The van der Waals surface area contributed by atoms with Crippen LogP contribution in [0, 0.1) is 18.3 Å². The third-order valence-corrected chi connectivity index (χ3v) is 7.19. The van der Waals surface area contributed by atoms with Crippen LogP contribution in [0.15, 0.2) is 12.1 Å². The van der Waals surface area contributed by atoms with Gasteiger partial charge in [-0.3, -0.25) is 0 Å². The van der Waals surface area contributed by atoms with Crippen LogP contribution in [0.4, 0.5) is 14.5 Å². The predicted octanol–water partition coefficient (Wildman–Crippen LogP) is 2.69. The molecule has 0 radical (unpaired) electrons. The lowest BCUT2D eigenvalue weighted by atomic mass is 10.2. The van der Waals surface area contributed by atoms with Gasteiger partial charge in [0, 0.05) is 0 Å². The fraction of sp³-hybridized carbons (Fsp3) is 0.286. The maximum absolute atomic E-state index is 12.6. The van der Waals surface area contributed by atoms with Crippen LogP contribution in [0.25, 0.3) is 5.69 Å². The third-order valence-electron chi connectivity index (χ3n) is 3.36. The van der Waals surface area contributed by atoms with Gasteiger partial charge in [-0.25, -0.2) is 21.5 Å². The Morgan fingerprint density at radius 1 is 1.17 bits per heavy atom. The highest BCUT2D eigenvalue weighted by molar-refractivity contribution is 8.09. The molecule has 0 N–H and O–H groups in total. The van der Waals surface area contributed by atoms with Gasteiger partial charge in [0.15, 0.2) is 11.4 Å². The monoisotopic (exact) mass is 488 g/mol. The van der Waals surface area contributed by atoms with Gasteiger partial charge in [0.2, 0.25) is 20.0 Å². The first-order valence-corrected chi connectivity index (χ1v) is 11.8. The average Bonchev–Trinajstić information content (AvgIpc) is 2.82. The van der Waals surface area contributed by atoms with Crippen LogP contribution >= 0.6 is 23.2 Å². The molecule has 9 nitrogen and oxygen atoms in total. The number of alkyl halides is 2. The van der Waals surface area contributed by atoms with Crippen molar-refractivity contribution in [3.8, 4) is 17.5 Å². The molecule has 0 amide bonds. The second kappa shape index (κ2) is 7.94. The van der Waals surface area contributed by atoms with E-state index >= 15 is 0 Å². The molecule has 0 fully saturated rings. The number of aryl methyl sites for hydroxylation is 1. The molecule has 0 saturated heterocycles. The Morgan fingerprint density at radius 2 is 1.72 bits per heavy atom. The summed E-state index contributed by atoms with van der Waals surface area (Å²) in [7, 11) is -8.69. The molecule has 0 saturated carbocycles. The Hall–Kier alpha value is -2.14. The molecule has 0 spiro atoms. The van der Waals surface area contributed by atoms with E-state index in [2.05, 4.69) is 9.84 Å². The average molecular weight is 489 g/mol. The molecule has 2 rings (SSSR count). The molecule has 1 heterocycles. The molecule has 0 bridgehead atoms. The Balaban J connectivity index is 2.85. The molecular weight excluding hydrogens is 477 g/mol. The summed E-state index contributed by atoms with van der Waals surface area (Å²) < 4.78 is 78.7. The van der Waals surface area contributed by atoms with Crippen LogP contribution in [-0.2, 0) is 20.0 Å².